The van der Waals surface area contributed by atoms with Gasteiger partial charge < -0.3 is 19.9 Å². The third-order valence-electron chi connectivity index (χ3n) is 3.32. The van der Waals surface area contributed by atoms with Crippen LogP contribution in [0.4, 0.5) is 4.79 Å². The van der Waals surface area contributed by atoms with Crippen molar-refractivity contribution in [3.63, 3.8) is 0 Å². The molecule has 3 rings (SSSR count). The lowest BCUT2D eigenvalue weighted by Gasteiger charge is -2.09. The first-order valence-electron chi connectivity index (χ1n) is 10.1. The van der Waals surface area contributed by atoms with Gasteiger partial charge in [0.1, 0.15) is 6.61 Å². The minimum Gasteiger partial charge on any atom is -0.447 e. The minimum atomic E-state index is -2.80. The van der Waals surface area contributed by atoms with Gasteiger partial charge in [-0.2, -0.15) is 0 Å². The second-order valence-electron chi connectivity index (χ2n) is 5.02. The van der Waals surface area contributed by atoms with Gasteiger partial charge in [0.25, 0.3) is 0 Å². The lowest BCUT2D eigenvalue weighted by atomic mass is 10.0. The maximum Gasteiger partial charge on any atom is 0.407 e. The zero-order valence-electron chi connectivity index (χ0n) is 18.6. The third kappa shape index (κ3) is 3.19. The molecule has 2 heterocycles. The number of nitrogens with one attached hydrogen (secondary N) is 2. The summed E-state index contributed by atoms with van der Waals surface area (Å²) < 4.78 is 60.3. The van der Waals surface area contributed by atoms with Crippen molar-refractivity contribution in [2.45, 2.75) is 18.8 Å². The van der Waals surface area contributed by atoms with Gasteiger partial charge in [0.15, 0.2) is 0 Å². The number of aromatic amines is 1. The number of hydrogen-bond acceptors (Lipinski definition) is 3. The number of H-pyrrole nitrogens is 1. The van der Waals surface area contributed by atoms with E-state index in [1.54, 1.807) is 12.1 Å². The normalized spacial score (nSPS) is 25.1. The molecule has 1 atom stereocenters. The number of rotatable bonds is 5. The van der Waals surface area contributed by atoms with E-state index >= 15 is 0 Å². The van der Waals surface area contributed by atoms with Crippen LogP contribution in [0.5, 0.6) is 0 Å². The summed E-state index contributed by atoms with van der Waals surface area (Å²) in [7, 11) is 1.04. The molecule has 0 saturated carbocycles. The van der Waals surface area contributed by atoms with E-state index in [-0.39, 0.29) is 18.2 Å². The molecule has 0 radical (unpaired) electrons. The van der Waals surface area contributed by atoms with Crippen molar-refractivity contribution < 1.29 is 19.1 Å². The Morgan fingerprint density at radius 3 is 3.24 bits per heavy atom. The van der Waals surface area contributed by atoms with Crippen molar-refractivity contribution in [3.8, 4) is 0 Å². The molecule has 21 heavy (non-hydrogen) atoms. The number of amides is 1. The van der Waals surface area contributed by atoms with E-state index in [1.807, 2.05) is 6.07 Å². The van der Waals surface area contributed by atoms with Gasteiger partial charge >= 0.3 is 6.09 Å². The first kappa shape index (κ1) is 7.84. The van der Waals surface area contributed by atoms with E-state index < -0.39 is 25.9 Å². The number of fused-ring (bicyclic) bond motifs is 1. The first-order valence-corrected chi connectivity index (χ1v) is 6.62. The molecule has 5 nitrogen and oxygen atoms in total. The van der Waals surface area contributed by atoms with Crippen molar-refractivity contribution in [2.24, 2.45) is 0 Å². The van der Waals surface area contributed by atoms with Crippen molar-refractivity contribution >= 4 is 17.0 Å². The van der Waals surface area contributed by atoms with E-state index in [0.717, 1.165) is 12.6 Å². The molecule has 1 aromatic heterocycles. The predicted octanol–water partition coefficient (Wildman–Crippen LogP) is 1.92. The van der Waals surface area contributed by atoms with Gasteiger partial charge in [-0.3, -0.25) is 0 Å². The third-order valence-corrected chi connectivity index (χ3v) is 3.32. The predicted molar refractivity (Wildman–Crippen MR) is 82.5 cm³/mol. The van der Waals surface area contributed by atoms with Crippen molar-refractivity contribution in [3.05, 3.63) is 35.5 Å². The van der Waals surface area contributed by atoms with Crippen LogP contribution >= 0.6 is 0 Å². The molecule has 2 N–H and O–H groups in total. The number of likely N-dealkylation sites (N-methyl/N-ethyl adjacent to an activating group) is 1. The highest BCUT2D eigenvalue weighted by atomic mass is 16.6. The Balaban J connectivity index is 1.97. The Morgan fingerprint density at radius 1 is 1.57 bits per heavy atom. The monoisotopic (exact) mass is 294 g/mol. The highest BCUT2D eigenvalue weighted by Crippen LogP contribution is 2.21. The quantitative estimate of drug-likeness (QED) is 0.886. The van der Waals surface area contributed by atoms with Crippen molar-refractivity contribution in [2.75, 3.05) is 27.1 Å². The van der Waals surface area contributed by atoms with E-state index in [2.05, 4.69) is 10.3 Å². The van der Waals surface area contributed by atoms with Gasteiger partial charge in [-0.05, 0) is 50.1 Å². The molecule has 112 valence electrons. The second kappa shape index (κ2) is 5.77. The molecule has 2 aromatic rings. The number of nitrogens with zero attached hydrogens (tertiary/aromatic N) is 1. The minimum absolute atomic E-state index is 0.0251. The zero-order valence-corrected chi connectivity index (χ0v) is 11.6. The molecule has 1 aromatic carbocycles. The van der Waals surface area contributed by atoms with Crippen LogP contribution in [0.3, 0.4) is 0 Å². The Hall–Kier alpha value is -2.01. The summed E-state index contributed by atoms with van der Waals surface area (Å²) in [6, 6.07) is 5.09. The number of ether oxygens (including phenoxy) is 1. The number of aryl methyl sites for hydroxylation is 1. The maximum absolute atomic E-state index is 11.2. The van der Waals surface area contributed by atoms with Crippen LogP contribution in [0.2, 0.25) is 0 Å². The Morgan fingerprint density at radius 2 is 2.48 bits per heavy atom. The maximum atomic E-state index is 11.2. The highest BCUT2D eigenvalue weighted by molar-refractivity contribution is 5.84. The summed E-state index contributed by atoms with van der Waals surface area (Å²) in [5.41, 5.74) is 1.43. The molecule has 0 bridgehead atoms. The average molecular weight is 294 g/mol. The number of benzene rings is 1. The standard InChI is InChI=1S/C16H21N3O2/c1-19(2)6-5-12-9-17-15-4-3-11(8-14(12)15)7-13-10-21-16(20)18-13/h3-4,8-9,13,17H,5-7,10H2,1-2H3,(H,18,20)/t13-/m0/s1/i1D3,5D2,6D2. The summed E-state index contributed by atoms with van der Waals surface area (Å²) in [6.45, 7) is -5.35. The molecule has 0 aliphatic carbocycles. The molecule has 1 aliphatic rings. The first-order chi connectivity index (χ1) is 12.8. The van der Waals surface area contributed by atoms with E-state index in [9.17, 15) is 4.79 Å². The van der Waals surface area contributed by atoms with Gasteiger partial charge in [0, 0.05) is 33.2 Å². The van der Waals surface area contributed by atoms with Crippen LogP contribution in [0.15, 0.2) is 24.4 Å². The number of cyclic esters (lactones) is 1. The van der Waals surface area contributed by atoms with Gasteiger partial charge in [-0.1, -0.05) is 6.07 Å². The summed E-state index contributed by atoms with van der Waals surface area (Å²) in [5.74, 6) is 0. The molecular formula is C16H21N3O2. The Labute approximate surface area is 134 Å². The molecule has 1 amide bonds. The van der Waals surface area contributed by atoms with Crippen LogP contribution in [0, 0.1) is 0 Å². The Bertz CT molecular complexity index is 894. The average Bonchev–Trinajstić information content (AvgIpc) is 3.19. The SMILES string of the molecule is [2H]C([2H])([2H])N(C)C([2H])([2H])C([2H])([2H])c1c[nH]c2ccc(C[C@H]3COC(=O)N3)cc12. The van der Waals surface area contributed by atoms with Gasteiger partial charge in [-0.25, -0.2) is 4.79 Å². The second-order valence-corrected chi connectivity index (χ2v) is 5.02. The number of carbonyl (C=O) groups is 1. The van der Waals surface area contributed by atoms with Crippen LogP contribution in [-0.4, -0.2) is 49.1 Å². The summed E-state index contributed by atoms with van der Waals surface area (Å²) in [6.07, 6.45) is -1.26. The fraction of sp³-hybridized carbons (Fsp3) is 0.438. The van der Waals surface area contributed by atoms with Gasteiger partial charge in [-0.15, -0.1) is 0 Å². The summed E-state index contributed by atoms with van der Waals surface area (Å²) >= 11 is 0. The molecule has 1 fully saturated rings. The number of alkyl carbamates (subject to hydrolysis) is 1. The lowest BCUT2D eigenvalue weighted by molar-refractivity contribution is 0.177. The number of hydrogen-bond donors (Lipinski definition) is 2. The van der Waals surface area contributed by atoms with Gasteiger partial charge in [0.05, 0.1) is 6.04 Å². The van der Waals surface area contributed by atoms with Gasteiger partial charge in [0.2, 0.25) is 0 Å². The molecule has 0 spiro atoms. The zero-order chi connectivity index (χ0) is 20.9. The molecule has 5 heteroatoms. The molecular weight excluding hydrogens is 266 g/mol. The van der Waals surface area contributed by atoms with E-state index in [4.69, 9.17) is 14.3 Å². The van der Waals surface area contributed by atoms with Crippen LogP contribution in [0.25, 0.3) is 10.9 Å². The van der Waals surface area contributed by atoms with Crippen LogP contribution in [0.1, 0.15) is 20.7 Å². The fourth-order valence-corrected chi connectivity index (χ4v) is 2.36. The lowest BCUT2D eigenvalue weighted by Crippen LogP contribution is -2.28. The molecule has 0 unspecified atom stereocenters. The van der Waals surface area contributed by atoms with Crippen LogP contribution in [-0.2, 0) is 17.5 Å². The topological polar surface area (TPSA) is 57.4 Å². The largest absolute Gasteiger partial charge is 0.447 e. The molecule has 1 aliphatic heterocycles. The Kier molecular flexibility index (Phi) is 2.16. The van der Waals surface area contributed by atoms with E-state index in [1.165, 1.54) is 6.20 Å². The number of carbonyl (C=O) groups excluding carboxylic acids is 1. The van der Waals surface area contributed by atoms with E-state index in [0.29, 0.717) is 22.2 Å². The smallest absolute Gasteiger partial charge is 0.407 e. The highest BCUT2D eigenvalue weighted by Gasteiger charge is 2.22. The fourth-order valence-electron chi connectivity index (χ4n) is 2.36. The summed E-state index contributed by atoms with van der Waals surface area (Å²) in [5, 5.41) is 3.13. The van der Waals surface area contributed by atoms with Crippen molar-refractivity contribution in [1.29, 1.82) is 0 Å². The summed E-state index contributed by atoms with van der Waals surface area (Å²) in [4.78, 5) is 14.5. The number of aromatic nitrogens is 1. The van der Waals surface area contributed by atoms with Crippen LogP contribution < -0.4 is 5.32 Å². The van der Waals surface area contributed by atoms with Crippen molar-refractivity contribution in [1.82, 2.24) is 15.2 Å². The molecule has 1 saturated heterocycles.